The fourth-order valence-electron chi connectivity index (χ4n) is 5.50. The molecule has 0 spiro atoms. The Morgan fingerprint density at radius 1 is 0.722 bits per heavy atom. The van der Waals surface area contributed by atoms with Gasteiger partial charge >= 0.3 is 5.97 Å². The lowest BCUT2D eigenvalue weighted by Gasteiger charge is -2.28. The van der Waals surface area contributed by atoms with Crippen molar-refractivity contribution in [3.05, 3.63) is 35.9 Å². The van der Waals surface area contributed by atoms with E-state index < -0.39 is 109 Å². The van der Waals surface area contributed by atoms with Crippen LogP contribution < -0.4 is 43.0 Å². The number of amides is 6. The van der Waals surface area contributed by atoms with Crippen LogP contribution in [0.15, 0.2) is 30.3 Å². The Balaban J connectivity index is 2.14. The van der Waals surface area contributed by atoms with Crippen LogP contribution in [0.1, 0.15) is 51.5 Å². The van der Waals surface area contributed by atoms with Crippen LogP contribution in [0.25, 0.3) is 0 Å². The van der Waals surface area contributed by atoms with Gasteiger partial charge in [-0.3, -0.25) is 28.8 Å². The van der Waals surface area contributed by atoms with Crippen molar-refractivity contribution >= 4 is 41.4 Å². The topological polar surface area (TPSA) is 331 Å². The Kier molecular flexibility index (Phi) is 19.5. The molecule has 0 aliphatic carbocycles. The molecule has 0 bridgehead atoms. The lowest BCUT2D eigenvalue weighted by atomic mass is 10.0. The molecule has 1 aliphatic rings. The minimum Gasteiger partial charge on any atom is -0.480 e. The molecule has 14 N–H and O–H groups in total. The van der Waals surface area contributed by atoms with Crippen molar-refractivity contribution in [2.24, 2.45) is 5.73 Å². The van der Waals surface area contributed by atoms with E-state index in [2.05, 4.69) is 37.2 Å². The Morgan fingerprint density at radius 2 is 1.24 bits per heavy atom. The van der Waals surface area contributed by atoms with Crippen molar-refractivity contribution in [1.29, 1.82) is 0 Å². The third-order valence-corrected chi connectivity index (χ3v) is 8.61. The molecule has 302 valence electrons. The highest BCUT2D eigenvalue weighted by atomic mass is 16.4. The van der Waals surface area contributed by atoms with Gasteiger partial charge in [0.2, 0.25) is 35.4 Å². The molecule has 20 heteroatoms. The van der Waals surface area contributed by atoms with Crippen LogP contribution in [0.4, 0.5) is 0 Å². The van der Waals surface area contributed by atoms with Gasteiger partial charge < -0.3 is 68.5 Å². The average Bonchev–Trinajstić information content (AvgIpc) is 3.68. The predicted octanol–water partition coefficient (Wildman–Crippen LogP) is -5.15. The van der Waals surface area contributed by atoms with E-state index in [1.807, 2.05) is 0 Å². The molecule has 2 rings (SSSR count). The fraction of sp³-hybridized carbons (Fsp3) is 0.618. The largest absolute Gasteiger partial charge is 0.480 e. The lowest BCUT2D eigenvalue weighted by molar-refractivity contribution is -0.145. The number of rotatable bonds is 23. The van der Waals surface area contributed by atoms with Crippen molar-refractivity contribution < 1.29 is 59.1 Å². The second-order valence-electron chi connectivity index (χ2n) is 13.0. The Hall–Kier alpha value is -4.73. The van der Waals surface area contributed by atoms with Crippen LogP contribution in [-0.4, -0.2) is 148 Å². The highest BCUT2D eigenvalue weighted by molar-refractivity contribution is 5.97. The quantitative estimate of drug-likeness (QED) is 0.0464. The van der Waals surface area contributed by atoms with Crippen LogP contribution >= 0.6 is 0 Å². The van der Waals surface area contributed by atoms with Crippen molar-refractivity contribution in [1.82, 2.24) is 37.2 Å². The molecule has 0 saturated carbocycles. The van der Waals surface area contributed by atoms with E-state index in [4.69, 9.17) is 5.73 Å². The molecule has 0 unspecified atom stereocenters. The SMILES string of the molecule is C[C@@H](O)[C@H](NC(=O)[C@H](CCCCN)NC(=O)[C@@H](NC(=O)[C@H](CO)NC(=O)[C@H](CO)NC(=O)[C@H](Cc1ccccc1)NC(=O)[C@@H]1CCCN1)[C@@H](C)O)C(=O)O. The molecule has 1 fully saturated rings. The molecule has 0 aromatic heterocycles. The summed E-state index contributed by atoms with van der Waals surface area (Å²) in [6.45, 7) is 1.19. The number of carbonyl (C=O) groups excluding carboxylic acids is 6. The first-order valence-corrected chi connectivity index (χ1v) is 17.7. The zero-order valence-electron chi connectivity index (χ0n) is 30.3. The molecule has 6 amide bonds. The van der Waals surface area contributed by atoms with E-state index in [9.17, 15) is 59.1 Å². The second kappa shape index (κ2) is 23.1. The number of unbranched alkanes of at least 4 members (excludes halogenated alkanes) is 1. The van der Waals surface area contributed by atoms with E-state index in [0.717, 1.165) is 20.3 Å². The molecule has 0 radical (unpaired) electrons. The number of hydrogen-bond donors (Lipinski definition) is 13. The standard InChI is InChI=1S/C34H54N8O12/c1-18(45)26(33(52)37-22(11-6-7-13-35)29(48)42-27(19(2)46)34(53)54)41-32(51)25(17-44)40-31(50)24(16-43)39-30(49)23(15-20-9-4-3-5-10-20)38-28(47)21-12-8-14-36-21/h3-5,9-10,18-19,21-27,36,43-46H,6-8,11-17,35H2,1-2H3,(H,37,52)(H,38,47)(H,39,49)(H,40,50)(H,41,51)(H,42,48)(H,53,54)/t18-,19-,21+,22+,23+,24+,25+,26+,27+/m1/s1. The summed E-state index contributed by atoms with van der Waals surface area (Å²) in [5.74, 6) is -7.10. The maximum atomic E-state index is 13.4. The summed E-state index contributed by atoms with van der Waals surface area (Å²) in [7, 11) is 0. The highest BCUT2D eigenvalue weighted by Crippen LogP contribution is 2.09. The number of nitrogens with two attached hydrogens (primary N) is 1. The van der Waals surface area contributed by atoms with Crippen LogP contribution in [0.2, 0.25) is 0 Å². The summed E-state index contributed by atoms with van der Waals surface area (Å²) in [6, 6.07) is -1.19. The summed E-state index contributed by atoms with van der Waals surface area (Å²) >= 11 is 0. The second-order valence-corrected chi connectivity index (χ2v) is 13.0. The first-order valence-electron chi connectivity index (χ1n) is 17.7. The van der Waals surface area contributed by atoms with Crippen LogP contribution in [-0.2, 0) is 40.0 Å². The van der Waals surface area contributed by atoms with Crippen LogP contribution in [0, 0.1) is 0 Å². The maximum absolute atomic E-state index is 13.4. The number of carbonyl (C=O) groups is 7. The molecule has 1 saturated heterocycles. The molecule has 9 atom stereocenters. The van der Waals surface area contributed by atoms with Gasteiger partial charge in [0.1, 0.15) is 30.2 Å². The minimum absolute atomic E-state index is 0.0294. The summed E-state index contributed by atoms with van der Waals surface area (Å²) in [6.07, 6.45) is -0.984. The Bertz CT molecular complexity index is 1410. The number of carboxylic acid groups (broad SMARTS) is 1. The predicted molar refractivity (Wildman–Crippen MR) is 191 cm³/mol. The number of hydrogen-bond acceptors (Lipinski definition) is 13. The minimum atomic E-state index is -1.77. The lowest BCUT2D eigenvalue weighted by Crippen LogP contribution is -2.62. The molecular formula is C34H54N8O12. The number of carboxylic acids is 1. The maximum Gasteiger partial charge on any atom is 0.328 e. The number of nitrogens with one attached hydrogen (secondary N) is 7. The monoisotopic (exact) mass is 766 g/mol. The van der Waals surface area contributed by atoms with Gasteiger partial charge in [-0.25, -0.2) is 4.79 Å². The Labute approximate surface area is 312 Å². The van der Waals surface area contributed by atoms with Crippen LogP contribution in [0.5, 0.6) is 0 Å². The molecule has 1 heterocycles. The summed E-state index contributed by atoms with van der Waals surface area (Å²) in [5, 5.41) is 66.4. The van der Waals surface area contributed by atoms with Gasteiger partial charge in [0.15, 0.2) is 6.04 Å². The molecular weight excluding hydrogens is 712 g/mol. The highest BCUT2D eigenvalue weighted by Gasteiger charge is 2.35. The smallest absolute Gasteiger partial charge is 0.328 e. The first kappa shape index (κ1) is 45.4. The van der Waals surface area contributed by atoms with Gasteiger partial charge in [-0.15, -0.1) is 0 Å². The van der Waals surface area contributed by atoms with E-state index in [0.29, 0.717) is 31.4 Å². The van der Waals surface area contributed by atoms with Crippen molar-refractivity contribution in [2.45, 2.75) is 107 Å². The van der Waals surface area contributed by atoms with E-state index in [1.54, 1.807) is 30.3 Å². The fourth-order valence-corrected chi connectivity index (χ4v) is 5.50. The molecule has 20 nitrogen and oxygen atoms in total. The third kappa shape index (κ3) is 14.6. The number of aliphatic hydroxyl groups excluding tert-OH is 4. The molecule has 1 aromatic rings. The number of aliphatic carboxylic acids is 1. The molecule has 1 aliphatic heterocycles. The van der Waals surface area contributed by atoms with Gasteiger partial charge in [0.05, 0.1) is 31.5 Å². The van der Waals surface area contributed by atoms with Gasteiger partial charge in [-0.1, -0.05) is 30.3 Å². The third-order valence-electron chi connectivity index (χ3n) is 8.61. The number of benzene rings is 1. The summed E-state index contributed by atoms with van der Waals surface area (Å²) in [4.78, 5) is 90.3. The summed E-state index contributed by atoms with van der Waals surface area (Å²) < 4.78 is 0. The van der Waals surface area contributed by atoms with E-state index >= 15 is 0 Å². The van der Waals surface area contributed by atoms with Gasteiger partial charge in [-0.2, -0.15) is 0 Å². The number of aliphatic hydroxyl groups is 4. The van der Waals surface area contributed by atoms with Gasteiger partial charge in [0.25, 0.3) is 0 Å². The van der Waals surface area contributed by atoms with Crippen LogP contribution in [0.3, 0.4) is 0 Å². The molecule has 54 heavy (non-hydrogen) atoms. The Morgan fingerprint density at radius 3 is 1.74 bits per heavy atom. The average molecular weight is 767 g/mol. The van der Waals surface area contributed by atoms with Gasteiger partial charge in [0, 0.05) is 6.42 Å². The zero-order valence-corrected chi connectivity index (χ0v) is 30.3. The van der Waals surface area contributed by atoms with Crippen molar-refractivity contribution in [3.63, 3.8) is 0 Å². The van der Waals surface area contributed by atoms with E-state index in [-0.39, 0.29) is 19.4 Å². The van der Waals surface area contributed by atoms with Gasteiger partial charge in [-0.05, 0) is 64.6 Å². The normalized spacial score (nSPS) is 18.3. The van der Waals surface area contributed by atoms with E-state index in [1.165, 1.54) is 0 Å². The van der Waals surface area contributed by atoms with Crippen molar-refractivity contribution in [2.75, 3.05) is 26.3 Å². The van der Waals surface area contributed by atoms with Crippen molar-refractivity contribution in [3.8, 4) is 0 Å². The first-order chi connectivity index (χ1) is 25.6. The summed E-state index contributed by atoms with van der Waals surface area (Å²) in [5.41, 5.74) is 6.22. The molecule has 1 aromatic carbocycles. The zero-order chi connectivity index (χ0) is 40.4.